The van der Waals surface area contributed by atoms with E-state index in [-0.39, 0.29) is 5.91 Å². The van der Waals surface area contributed by atoms with Crippen LogP contribution in [0.5, 0.6) is 0 Å². The zero-order valence-corrected chi connectivity index (χ0v) is 18.2. The number of hydrogen-bond acceptors (Lipinski definition) is 4. The number of carbonyl (C=O) groups excluding carboxylic acids is 1. The molecule has 1 amide bonds. The Balaban J connectivity index is 1.46. The molecule has 0 aromatic carbocycles. The monoisotopic (exact) mass is 397 g/mol. The zero-order chi connectivity index (χ0) is 20.4. The van der Waals surface area contributed by atoms with Gasteiger partial charge in [-0.1, -0.05) is 19.8 Å². The van der Waals surface area contributed by atoms with E-state index in [1.54, 1.807) is 0 Å². The van der Waals surface area contributed by atoms with E-state index in [1.165, 1.54) is 38.8 Å². The van der Waals surface area contributed by atoms with E-state index in [9.17, 15) is 4.79 Å². The maximum Gasteiger partial charge on any atom is 0.220 e. The number of nitrogens with zero attached hydrogens (tertiary/aromatic N) is 4. The number of aryl methyl sites for hydroxylation is 2. The second-order valence-corrected chi connectivity index (χ2v) is 8.94. The summed E-state index contributed by atoms with van der Waals surface area (Å²) < 4.78 is 2.00. The van der Waals surface area contributed by atoms with Gasteiger partial charge in [-0.2, -0.15) is 5.10 Å². The van der Waals surface area contributed by atoms with Crippen molar-refractivity contribution in [1.82, 2.24) is 24.8 Å². The van der Waals surface area contributed by atoms with Crippen LogP contribution in [0.15, 0.2) is 6.07 Å². The minimum atomic E-state index is 0.166. The smallest absolute Gasteiger partial charge is 0.220 e. The third kappa shape index (κ3) is 4.47. The van der Waals surface area contributed by atoms with Gasteiger partial charge >= 0.3 is 0 Å². The van der Waals surface area contributed by atoms with E-state index in [0.717, 1.165) is 54.1 Å². The number of hydrogen-bond donors (Lipinski definition) is 1. The predicted molar refractivity (Wildman–Crippen MR) is 115 cm³/mol. The molecule has 6 heteroatoms. The zero-order valence-electron chi connectivity index (χ0n) is 18.2. The van der Waals surface area contributed by atoms with Gasteiger partial charge < -0.3 is 10.2 Å². The fourth-order valence-electron chi connectivity index (χ4n) is 5.11. The van der Waals surface area contributed by atoms with Gasteiger partial charge in [0.15, 0.2) is 5.65 Å². The summed E-state index contributed by atoms with van der Waals surface area (Å²) in [5.41, 5.74) is 5.40. The van der Waals surface area contributed by atoms with Gasteiger partial charge in [-0.3, -0.25) is 4.79 Å². The Morgan fingerprint density at radius 2 is 2.03 bits per heavy atom. The van der Waals surface area contributed by atoms with Crippen LogP contribution in [0.2, 0.25) is 0 Å². The van der Waals surface area contributed by atoms with Crippen molar-refractivity contribution in [3.63, 3.8) is 0 Å². The molecule has 158 valence electrons. The summed E-state index contributed by atoms with van der Waals surface area (Å²) in [4.78, 5) is 19.7. The predicted octanol–water partition coefficient (Wildman–Crippen LogP) is 3.54. The third-order valence-corrected chi connectivity index (χ3v) is 6.74. The van der Waals surface area contributed by atoms with Crippen molar-refractivity contribution in [2.24, 2.45) is 0 Å². The lowest BCUT2D eigenvalue weighted by molar-refractivity contribution is -0.121. The van der Waals surface area contributed by atoms with E-state index < -0.39 is 0 Å². The van der Waals surface area contributed by atoms with E-state index in [2.05, 4.69) is 37.1 Å². The van der Waals surface area contributed by atoms with E-state index in [4.69, 9.17) is 10.1 Å². The highest BCUT2D eigenvalue weighted by Gasteiger charge is 2.26. The Morgan fingerprint density at radius 1 is 1.24 bits per heavy atom. The molecule has 1 atom stereocenters. The second-order valence-electron chi connectivity index (χ2n) is 8.94. The van der Waals surface area contributed by atoms with Crippen LogP contribution in [0.25, 0.3) is 5.65 Å². The number of amides is 1. The van der Waals surface area contributed by atoms with Crippen LogP contribution in [-0.2, 0) is 11.2 Å². The number of rotatable bonds is 7. The van der Waals surface area contributed by atoms with Crippen LogP contribution in [-0.4, -0.2) is 51.1 Å². The van der Waals surface area contributed by atoms with E-state index >= 15 is 0 Å². The Morgan fingerprint density at radius 3 is 2.79 bits per heavy atom. The highest BCUT2D eigenvalue weighted by molar-refractivity contribution is 5.76. The van der Waals surface area contributed by atoms with Crippen LogP contribution in [0.4, 0.5) is 0 Å². The van der Waals surface area contributed by atoms with Gasteiger partial charge in [0.2, 0.25) is 5.91 Å². The molecule has 29 heavy (non-hydrogen) atoms. The highest BCUT2D eigenvalue weighted by atomic mass is 16.1. The largest absolute Gasteiger partial charge is 0.353 e. The first-order chi connectivity index (χ1) is 14.0. The van der Waals surface area contributed by atoms with Crippen LogP contribution >= 0.6 is 0 Å². The minimum absolute atomic E-state index is 0.166. The first-order valence-electron chi connectivity index (χ1n) is 11.4. The summed E-state index contributed by atoms with van der Waals surface area (Å²) in [6.45, 7) is 9.85. The van der Waals surface area contributed by atoms with Crippen molar-refractivity contribution in [2.45, 2.75) is 84.1 Å². The average Bonchev–Trinajstić information content (AvgIpc) is 3.42. The Kier molecular flexibility index (Phi) is 6.18. The van der Waals surface area contributed by atoms with Crippen LogP contribution in [0.1, 0.15) is 80.4 Å². The molecule has 0 unspecified atom stereocenters. The molecule has 3 heterocycles. The third-order valence-electron chi connectivity index (χ3n) is 6.74. The second kappa shape index (κ2) is 8.82. The highest BCUT2D eigenvalue weighted by Crippen LogP contribution is 2.28. The lowest BCUT2D eigenvalue weighted by Gasteiger charge is -2.14. The summed E-state index contributed by atoms with van der Waals surface area (Å²) in [5.74, 6) is 0.669. The summed E-state index contributed by atoms with van der Waals surface area (Å²) in [6.07, 6.45) is 8.36. The Bertz CT molecular complexity index is 868. The molecule has 2 aliphatic rings. The number of fused-ring (bicyclic) bond motifs is 1. The summed E-state index contributed by atoms with van der Waals surface area (Å²) in [6, 6.07) is 2.55. The summed E-state index contributed by atoms with van der Waals surface area (Å²) in [5, 5.41) is 8.12. The van der Waals surface area contributed by atoms with E-state index in [1.807, 2.05) is 4.52 Å². The quantitative estimate of drug-likeness (QED) is 0.776. The lowest BCUT2D eigenvalue weighted by Crippen LogP contribution is -2.32. The molecule has 1 aliphatic heterocycles. The molecule has 1 N–H and O–H groups in total. The maximum absolute atomic E-state index is 12.4. The number of nitrogens with one attached hydrogen (secondary N) is 1. The van der Waals surface area contributed by atoms with Gasteiger partial charge in [0.25, 0.3) is 0 Å². The van der Waals surface area contributed by atoms with Gasteiger partial charge in [-0.15, -0.1) is 0 Å². The van der Waals surface area contributed by atoms with Crippen LogP contribution in [0.3, 0.4) is 0 Å². The molecular weight excluding hydrogens is 362 g/mol. The normalized spacial score (nSPS) is 20.7. The van der Waals surface area contributed by atoms with Crippen molar-refractivity contribution >= 4 is 11.6 Å². The number of likely N-dealkylation sites (tertiary alicyclic amines) is 1. The molecule has 0 spiro atoms. The van der Waals surface area contributed by atoms with Gasteiger partial charge in [0.1, 0.15) is 0 Å². The van der Waals surface area contributed by atoms with Crippen LogP contribution < -0.4 is 5.32 Å². The summed E-state index contributed by atoms with van der Waals surface area (Å²) in [7, 11) is 0. The van der Waals surface area contributed by atoms with Crippen molar-refractivity contribution in [1.29, 1.82) is 0 Å². The van der Waals surface area contributed by atoms with Gasteiger partial charge in [0, 0.05) is 42.4 Å². The first-order valence-corrected chi connectivity index (χ1v) is 11.4. The molecule has 2 fully saturated rings. The summed E-state index contributed by atoms with van der Waals surface area (Å²) >= 11 is 0. The molecule has 1 aliphatic carbocycles. The molecule has 6 nitrogen and oxygen atoms in total. The van der Waals surface area contributed by atoms with Gasteiger partial charge in [0.05, 0.1) is 5.69 Å². The van der Waals surface area contributed by atoms with Crippen molar-refractivity contribution in [3.05, 3.63) is 28.7 Å². The van der Waals surface area contributed by atoms with E-state index in [0.29, 0.717) is 18.4 Å². The molecule has 4 rings (SSSR count). The van der Waals surface area contributed by atoms with Gasteiger partial charge in [-0.05, 0) is 64.6 Å². The molecule has 2 aromatic heterocycles. The molecule has 0 radical (unpaired) electrons. The van der Waals surface area contributed by atoms with Crippen molar-refractivity contribution in [3.8, 4) is 0 Å². The maximum atomic E-state index is 12.4. The fourth-order valence-corrected chi connectivity index (χ4v) is 5.11. The van der Waals surface area contributed by atoms with Crippen molar-refractivity contribution in [2.75, 3.05) is 19.6 Å². The topological polar surface area (TPSA) is 62.5 Å². The average molecular weight is 398 g/mol. The van der Waals surface area contributed by atoms with Crippen molar-refractivity contribution < 1.29 is 4.79 Å². The van der Waals surface area contributed by atoms with Gasteiger partial charge in [-0.25, -0.2) is 9.50 Å². The molecular formula is C23H35N5O. The lowest BCUT2D eigenvalue weighted by atomic mass is 10.1. The number of aromatic nitrogens is 3. The molecule has 2 aromatic rings. The molecule has 1 saturated carbocycles. The Hall–Kier alpha value is -1.95. The first kappa shape index (κ1) is 20.3. The SMILES string of the molecule is CCCN1CC[C@H](c2cc3nc(C)c(CCC(=O)NC4CCCC4)c(C)n3n2)C1. The Labute approximate surface area is 174 Å². The standard InChI is InChI=1S/C23H35N5O/c1-4-12-27-13-11-18(15-27)21-14-22-24-16(2)20(17(3)28(22)26-21)9-10-23(29)25-19-7-5-6-8-19/h14,18-19H,4-13,15H2,1-3H3,(H,25,29)/t18-/m0/s1. The minimum Gasteiger partial charge on any atom is -0.353 e. The molecule has 1 saturated heterocycles. The number of carbonyl (C=O) groups is 1. The molecule has 0 bridgehead atoms. The fraction of sp³-hybridized carbons (Fsp3) is 0.696. The van der Waals surface area contributed by atoms with Crippen LogP contribution in [0, 0.1) is 13.8 Å².